The number of piperazine rings is 1. The average Bonchev–Trinajstić information content (AvgIpc) is 2.28. The molecule has 100 valence electrons. The lowest BCUT2D eigenvalue weighted by atomic mass is 10.2. The molecule has 0 aromatic rings. The van der Waals surface area contributed by atoms with Gasteiger partial charge in [0.25, 0.3) is 0 Å². The van der Waals surface area contributed by atoms with Crippen molar-refractivity contribution >= 4 is 15.9 Å². The Labute approximate surface area is 104 Å². The monoisotopic (exact) mass is 262 g/mol. The number of amides is 1. The van der Waals surface area contributed by atoms with Crippen molar-refractivity contribution in [2.24, 2.45) is 5.92 Å². The summed E-state index contributed by atoms with van der Waals surface area (Å²) in [5.41, 5.74) is 0. The van der Waals surface area contributed by atoms with E-state index >= 15 is 0 Å². The molecule has 1 fully saturated rings. The molecule has 1 heterocycles. The molecule has 6 heteroatoms. The van der Waals surface area contributed by atoms with Crippen LogP contribution in [0.3, 0.4) is 0 Å². The summed E-state index contributed by atoms with van der Waals surface area (Å²) in [7, 11) is -3.11. The zero-order valence-electron chi connectivity index (χ0n) is 10.8. The highest BCUT2D eigenvalue weighted by Gasteiger charge is 2.28. The Bertz CT molecular complexity index is 357. The van der Waals surface area contributed by atoms with Crippen LogP contribution in [0.2, 0.25) is 0 Å². The van der Waals surface area contributed by atoms with Gasteiger partial charge >= 0.3 is 0 Å². The van der Waals surface area contributed by atoms with Crippen molar-refractivity contribution in [2.45, 2.75) is 27.2 Å². The Morgan fingerprint density at radius 3 is 2.12 bits per heavy atom. The highest BCUT2D eigenvalue weighted by Crippen LogP contribution is 2.11. The second-order valence-corrected chi connectivity index (χ2v) is 6.78. The minimum absolute atomic E-state index is 0.0196. The first-order valence-corrected chi connectivity index (χ1v) is 7.76. The summed E-state index contributed by atoms with van der Waals surface area (Å²) < 4.78 is 25.1. The molecule has 1 aliphatic rings. The predicted octanol–water partition coefficient (Wildman–Crippen LogP) is 0.526. The van der Waals surface area contributed by atoms with Gasteiger partial charge < -0.3 is 4.90 Å². The number of sulfonamides is 1. The lowest BCUT2D eigenvalue weighted by Gasteiger charge is -2.34. The topological polar surface area (TPSA) is 57.7 Å². The first-order chi connectivity index (χ1) is 7.88. The van der Waals surface area contributed by atoms with E-state index in [9.17, 15) is 13.2 Å². The summed E-state index contributed by atoms with van der Waals surface area (Å²) in [4.78, 5) is 13.5. The highest BCUT2D eigenvalue weighted by molar-refractivity contribution is 7.89. The maximum absolute atomic E-state index is 11.8. The second-order valence-electron chi connectivity index (χ2n) is 4.70. The van der Waals surface area contributed by atoms with E-state index in [0.717, 1.165) is 0 Å². The fourth-order valence-corrected chi connectivity index (χ4v) is 3.43. The molecule has 0 radical (unpaired) electrons. The van der Waals surface area contributed by atoms with Crippen molar-refractivity contribution in [1.82, 2.24) is 9.21 Å². The van der Waals surface area contributed by atoms with Gasteiger partial charge in [0.2, 0.25) is 15.9 Å². The van der Waals surface area contributed by atoms with Gasteiger partial charge in [-0.05, 0) is 6.42 Å². The number of hydrogen-bond acceptors (Lipinski definition) is 3. The lowest BCUT2D eigenvalue weighted by molar-refractivity contribution is -0.135. The van der Waals surface area contributed by atoms with Crippen LogP contribution in [-0.2, 0) is 14.8 Å². The maximum Gasteiger partial charge on any atom is 0.225 e. The number of carbonyl (C=O) groups excluding carboxylic acids is 1. The fraction of sp³-hybridized carbons (Fsp3) is 0.909. The van der Waals surface area contributed by atoms with Gasteiger partial charge in [-0.15, -0.1) is 0 Å². The zero-order chi connectivity index (χ0) is 13.1. The minimum atomic E-state index is -3.11. The molecule has 0 unspecified atom stereocenters. The van der Waals surface area contributed by atoms with Crippen molar-refractivity contribution in [1.29, 1.82) is 0 Å². The van der Waals surface area contributed by atoms with Crippen molar-refractivity contribution < 1.29 is 13.2 Å². The van der Waals surface area contributed by atoms with E-state index in [0.29, 0.717) is 32.6 Å². The summed E-state index contributed by atoms with van der Waals surface area (Å²) in [6, 6.07) is 0. The molecule has 1 saturated heterocycles. The second kappa shape index (κ2) is 5.82. The quantitative estimate of drug-likeness (QED) is 0.742. The first-order valence-electron chi connectivity index (χ1n) is 6.15. The van der Waals surface area contributed by atoms with Crippen LogP contribution < -0.4 is 0 Å². The van der Waals surface area contributed by atoms with Crippen molar-refractivity contribution in [2.75, 3.05) is 31.9 Å². The molecule has 0 aromatic carbocycles. The van der Waals surface area contributed by atoms with Crippen LogP contribution in [-0.4, -0.2) is 55.5 Å². The Balaban J connectivity index is 2.54. The first kappa shape index (κ1) is 14.4. The Hall–Kier alpha value is -0.620. The normalized spacial score (nSPS) is 18.7. The molecular formula is C11H22N2O3S. The van der Waals surface area contributed by atoms with E-state index in [1.807, 2.05) is 20.8 Å². The Morgan fingerprint density at radius 1 is 1.18 bits per heavy atom. The van der Waals surface area contributed by atoms with E-state index in [2.05, 4.69) is 0 Å². The van der Waals surface area contributed by atoms with Gasteiger partial charge in [0.1, 0.15) is 0 Å². The molecule has 0 N–H and O–H groups in total. The van der Waals surface area contributed by atoms with E-state index in [-0.39, 0.29) is 17.6 Å². The summed E-state index contributed by atoms with van der Waals surface area (Å²) in [5.74, 6) is 0.289. The van der Waals surface area contributed by atoms with E-state index < -0.39 is 10.0 Å². The molecule has 0 saturated carbocycles. The molecule has 1 aliphatic heterocycles. The van der Waals surface area contributed by atoms with Crippen molar-refractivity contribution in [3.05, 3.63) is 0 Å². The van der Waals surface area contributed by atoms with Crippen LogP contribution in [0.4, 0.5) is 0 Å². The van der Waals surface area contributed by atoms with Gasteiger partial charge in [0.05, 0.1) is 5.75 Å². The predicted molar refractivity (Wildman–Crippen MR) is 67.1 cm³/mol. The third-order valence-corrected chi connectivity index (χ3v) is 4.98. The van der Waals surface area contributed by atoms with Gasteiger partial charge in [0.15, 0.2) is 0 Å². The van der Waals surface area contributed by atoms with Crippen LogP contribution in [0.5, 0.6) is 0 Å². The average molecular weight is 262 g/mol. The summed E-state index contributed by atoms with van der Waals surface area (Å²) in [5, 5.41) is 0. The molecule has 17 heavy (non-hydrogen) atoms. The summed E-state index contributed by atoms with van der Waals surface area (Å²) >= 11 is 0. The van der Waals surface area contributed by atoms with Gasteiger partial charge in [-0.2, -0.15) is 4.31 Å². The van der Waals surface area contributed by atoms with Gasteiger partial charge in [0, 0.05) is 32.1 Å². The SMILES string of the molecule is CCCS(=O)(=O)N1CCN(C(=O)C(C)C)CC1. The van der Waals surface area contributed by atoms with Crippen LogP contribution in [0.25, 0.3) is 0 Å². The van der Waals surface area contributed by atoms with E-state index in [4.69, 9.17) is 0 Å². The van der Waals surface area contributed by atoms with E-state index in [1.54, 1.807) is 4.90 Å². The number of rotatable bonds is 4. The molecule has 0 bridgehead atoms. The van der Waals surface area contributed by atoms with Gasteiger partial charge in [-0.3, -0.25) is 4.79 Å². The number of nitrogens with zero attached hydrogens (tertiary/aromatic N) is 2. The molecule has 0 atom stereocenters. The van der Waals surface area contributed by atoms with E-state index in [1.165, 1.54) is 4.31 Å². The highest BCUT2D eigenvalue weighted by atomic mass is 32.2. The zero-order valence-corrected chi connectivity index (χ0v) is 11.7. The summed E-state index contributed by atoms with van der Waals surface area (Å²) in [6.07, 6.45) is 0.632. The smallest absolute Gasteiger partial charge is 0.225 e. The van der Waals surface area contributed by atoms with Crippen molar-refractivity contribution in [3.63, 3.8) is 0 Å². The Kier molecular flexibility index (Phi) is 4.94. The third-order valence-electron chi connectivity index (χ3n) is 2.90. The standard InChI is InChI=1S/C11H22N2O3S/c1-4-9-17(15,16)13-7-5-12(6-8-13)11(14)10(2)3/h10H,4-9H2,1-3H3. The summed E-state index contributed by atoms with van der Waals surface area (Å²) in [6.45, 7) is 7.47. The van der Waals surface area contributed by atoms with Crippen molar-refractivity contribution in [3.8, 4) is 0 Å². The lowest BCUT2D eigenvalue weighted by Crippen LogP contribution is -2.51. The molecule has 5 nitrogen and oxygen atoms in total. The molecule has 1 amide bonds. The van der Waals surface area contributed by atoms with Crippen LogP contribution in [0.15, 0.2) is 0 Å². The molecular weight excluding hydrogens is 240 g/mol. The molecule has 1 rings (SSSR count). The minimum Gasteiger partial charge on any atom is -0.340 e. The third kappa shape index (κ3) is 3.67. The molecule has 0 aromatic heterocycles. The van der Waals surface area contributed by atoms with Crippen LogP contribution >= 0.6 is 0 Å². The number of carbonyl (C=O) groups is 1. The number of hydrogen-bond donors (Lipinski definition) is 0. The van der Waals surface area contributed by atoms with Gasteiger partial charge in [-0.1, -0.05) is 20.8 Å². The molecule has 0 spiro atoms. The largest absolute Gasteiger partial charge is 0.340 e. The molecule has 0 aliphatic carbocycles. The van der Waals surface area contributed by atoms with Crippen LogP contribution in [0.1, 0.15) is 27.2 Å². The van der Waals surface area contributed by atoms with Gasteiger partial charge in [-0.25, -0.2) is 8.42 Å². The fourth-order valence-electron chi connectivity index (χ4n) is 1.94. The van der Waals surface area contributed by atoms with Crippen LogP contribution in [0, 0.1) is 5.92 Å². The maximum atomic E-state index is 11.8. The Morgan fingerprint density at radius 2 is 1.71 bits per heavy atom.